The molecule has 0 saturated carbocycles. The Kier molecular flexibility index (Phi) is 5.78. The van der Waals surface area contributed by atoms with Crippen molar-refractivity contribution in [3.05, 3.63) is 52.1 Å². The summed E-state index contributed by atoms with van der Waals surface area (Å²) in [5, 5.41) is 16.5. The lowest BCUT2D eigenvalue weighted by Gasteiger charge is -2.12. The van der Waals surface area contributed by atoms with E-state index in [1.54, 1.807) is 13.2 Å². The van der Waals surface area contributed by atoms with Crippen LogP contribution in [0.5, 0.6) is 11.5 Å². The van der Waals surface area contributed by atoms with Gasteiger partial charge in [-0.05, 0) is 36.8 Å². The summed E-state index contributed by atoms with van der Waals surface area (Å²) < 4.78 is 10.2. The van der Waals surface area contributed by atoms with Crippen molar-refractivity contribution >= 4 is 23.0 Å². The molecule has 0 saturated heterocycles. The van der Waals surface area contributed by atoms with Crippen molar-refractivity contribution in [2.75, 3.05) is 31.4 Å². The number of hydrogen-bond donors (Lipinski definition) is 2. The lowest BCUT2D eigenvalue weighted by atomic mass is 10.2. The highest BCUT2D eigenvalue weighted by molar-refractivity contribution is 5.95. The van der Waals surface area contributed by atoms with E-state index >= 15 is 0 Å². The summed E-state index contributed by atoms with van der Waals surface area (Å²) in [7, 11) is 2.97. The second-order valence-electron chi connectivity index (χ2n) is 5.22. The third-order valence-electron chi connectivity index (χ3n) is 3.54. The van der Waals surface area contributed by atoms with Gasteiger partial charge in [-0.3, -0.25) is 14.9 Å². The summed E-state index contributed by atoms with van der Waals surface area (Å²) in [6, 6.07) is 9.49. The van der Waals surface area contributed by atoms with E-state index in [0.29, 0.717) is 5.69 Å². The van der Waals surface area contributed by atoms with Gasteiger partial charge in [0.2, 0.25) is 5.91 Å². The van der Waals surface area contributed by atoms with Crippen LogP contribution < -0.4 is 20.1 Å². The van der Waals surface area contributed by atoms with E-state index in [4.69, 9.17) is 9.47 Å². The van der Waals surface area contributed by atoms with Gasteiger partial charge in [0.1, 0.15) is 11.5 Å². The average molecular weight is 345 g/mol. The van der Waals surface area contributed by atoms with Crippen LogP contribution in [-0.4, -0.2) is 31.6 Å². The third-order valence-corrected chi connectivity index (χ3v) is 3.54. The number of amides is 1. The molecule has 8 nitrogen and oxygen atoms in total. The number of carbonyl (C=O) groups excluding carboxylic acids is 1. The first-order chi connectivity index (χ1) is 11.9. The quantitative estimate of drug-likeness (QED) is 0.591. The number of nitrogens with zero attached hydrogens (tertiary/aromatic N) is 1. The molecule has 8 heteroatoms. The fraction of sp³-hybridized carbons (Fsp3) is 0.235. The first-order valence-electron chi connectivity index (χ1n) is 7.45. The standard InChI is InChI=1S/C17H19N3O5/c1-11-8-13(24-2)5-7-14(11)18-10-17(21)19-15-6-4-12(20(22)23)9-16(15)25-3/h4-9,18H,10H2,1-3H3,(H,19,21). The van der Waals surface area contributed by atoms with E-state index in [1.807, 2.05) is 19.1 Å². The Balaban J connectivity index is 2.02. The number of nitro groups is 1. The highest BCUT2D eigenvalue weighted by Gasteiger charge is 2.13. The number of carbonyl (C=O) groups is 1. The van der Waals surface area contributed by atoms with Gasteiger partial charge in [0.15, 0.2) is 0 Å². The molecule has 2 N–H and O–H groups in total. The van der Waals surface area contributed by atoms with Gasteiger partial charge in [0.05, 0.1) is 37.4 Å². The summed E-state index contributed by atoms with van der Waals surface area (Å²) in [5.74, 6) is 0.661. The van der Waals surface area contributed by atoms with Crippen molar-refractivity contribution in [1.82, 2.24) is 0 Å². The molecule has 1 amide bonds. The number of ether oxygens (including phenoxy) is 2. The van der Waals surface area contributed by atoms with Crippen molar-refractivity contribution < 1.29 is 19.2 Å². The summed E-state index contributed by atoms with van der Waals surface area (Å²) in [4.78, 5) is 22.4. The van der Waals surface area contributed by atoms with Gasteiger partial charge in [-0.15, -0.1) is 0 Å². The molecule has 0 aliphatic heterocycles. The molecule has 0 heterocycles. The third kappa shape index (κ3) is 4.60. The zero-order valence-electron chi connectivity index (χ0n) is 14.2. The zero-order valence-corrected chi connectivity index (χ0v) is 14.2. The minimum absolute atomic E-state index is 0.0350. The Labute approximate surface area is 144 Å². The molecule has 0 atom stereocenters. The van der Waals surface area contributed by atoms with E-state index in [9.17, 15) is 14.9 Å². The molecular weight excluding hydrogens is 326 g/mol. The fourth-order valence-electron chi connectivity index (χ4n) is 2.23. The van der Waals surface area contributed by atoms with Gasteiger partial charge >= 0.3 is 0 Å². The molecule has 2 rings (SSSR count). The van der Waals surface area contributed by atoms with Crippen LogP contribution in [0.25, 0.3) is 0 Å². The molecule has 0 bridgehead atoms. The van der Waals surface area contributed by atoms with Gasteiger partial charge in [0.25, 0.3) is 5.69 Å². The van der Waals surface area contributed by atoms with Crippen molar-refractivity contribution in [2.24, 2.45) is 0 Å². The van der Waals surface area contributed by atoms with E-state index < -0.39 is 4.92 Å². The predicted molar refractivity (Wildman–Crippen MR) is 94.5 cm³/mol. The SMILES string of the molecule is COc1ccc(NCC(=O)Nc2ccc([N+](=O)[O-])cc2OC)c(C)c1. The Morgan fingerprint density at radius 2 is 1.84 bits per heavy atom. The Bertz CT molecular complexity index is 792. The molecule has 132 valence electrons. The number of anilines is 2. The second-order valence-corrected chi connectivity index (χ2v) is 5.22. The average Bonchev–Trinajstić information content (AvgIpc) is 2.60. The molecule has 0 aromatic heterocycles. The van der Waals surface area contributed by atoms with Crippen LogP contribution in [0.4, 0.5) is 17.1 Å². The number of benzene rings is 2. The number of nitrogens with one attached hydrogen (secondary N) is 2. The minimum Gasteiger partial charge on any atom is -0.497 e. The van der Waals surface area contributed by atoms with E-state index in [1.165, 1.54) is 25.3 Å². The minimum atomic E-state index is -0.526. The van der Waals surface area contributed by atoms with Crippen molar-refractivity contribution in [2.45, 2.75) is 6.92 Å². The Morgan fingerprint density at radius 1 is 1.12 bits per heavy atom. The Morgan fingerprint density at radius 3 is 2.44 bits per heavy atom. The number of methoxy groups -OCH3 is 2. The first-order valence-corrected chi connectivity index (χ1v) is 7.45. The molecule has 0 aliphatic rings. The van der Waals surface area contributed by atoms with Crippen molar-refractivity contribution in [3.8, 4) is 11.5 Å². The zero-order chi connectivity index (χ0) is 18.4. The molecular formula is C17H19N3O5. The Hall–Kier alpha value is -3.29. The maximum Gasteiger partial charge on any atom is 0.273 e. The monoisotopic (exact) mass is 345 g/mol. The summed E-state index contributed by atoms with van der Waals surface area (Å²) in [6.45, 7) is 1.94. The number of hydrogen-bond acceptors (Lipinski definition) is 6. The van der Waals surface area contributed by atoms with Crippen LogP contribution in [0.2, 0.25) is 0 Å². The van der Waals surface area contributed by atoms with Crippen LogP contribution in [0.1, 0.15) is 5.56 Å². The van der Waals surface area contributed by atoms with Crippen LogP contribution in [0.3, 0.4) is 0 Å². The first kappa shape index (κ1) is 18.1. The van der Waals surface area contributed by atoms with Crippen LogP contribution in [0.15, 0.2) is 36.4 Å². The smallest absolute Gasteiger partial charge is 0.273 e. The van der Waals surface area contributed by atoms with Crippen LogP contribution >= 0.6 is 0 Å². The summed E-state index contributed by atoms with van der Waals surface area (Å²) >= 11 is 0. The lowest BCUT2D eigenvalue weighted by Crippen LogP contribution is -2.22. The highest BCUT2D eigenvalue weighted by Crippen LogP contribution is 2.29. The molecule has 2 aromatic rings. The second kappa shape index (κ2) is 8.00. The van der Waals surface area contributed by atoms with Crippen LogP contribution in [0, 0.1) is 17.0 Å². The predicted octanol–water partition coefficient (Wildman–Crippen LogP) is 2.97. The van der Waals surface area contributed by atoms with E-state index in [2.05, 4.69) is 10.6 Å². The molecule has 0 fully saturated rings. The maximum absolute atomic E-state index is 12.1. The van der Waals surface area contributed by atoms with E-state index in [-0.39, 0.29) is 23.9 Å². The van der Waals surface area contributed by atoms with Crippen LogP contribution in [-0.2, 0) is 4.79 Å². The number of rotatable bonds is 7. The molecule has 25 heavy (non-hydrogen) atoms. The molecule has 0 spiro atoms. The molecule has 0 aliphatic carbocycles. The molecule has 0 radical (unpaired) electrons. The van der Waals surface area contributed by atoms with Gasteiger partial charge in [-0.25, -0.2) is 0 Å². The fourth-order valence-corrected chi connectivity index (χ4v) is 2.23. The van der Waals surface area contributed by atoms with Gasteiger partial charge in [-0.2, -0.15) is 0 Å². The number of non-ortho nitro benzene ring substituents is 1. The van der Waals surface area contributed by atoms with Crippen molar-refractivity contribution in [1.29, 1.82) is 0 Å². The molecule has 0 unspecified atom stereocenters. The molecule has 2 aromatic carbocycles. The maximum atomic E-state index is 12.1. The number of nitro benzene ring substituents is 1. The number of aryl methyl sites for hydroxylation is 1. The van der Waals surface area contributed by atoms with Gasteiger partial charge < -0.3 is 20.1 Å². The normalized spacial score (nSPS) is 10.0. The highest BCUT2D eigenvalue weighted by atomic mass is 16.6. The summed E-state index contributed by atoms with van der Waals surface area (Å²) in [6.07, 6.45) is 0. The lowest BCUT2D eigenvalue weighted by molar-refractivity contribution is -0.384. The van der Waals surface area contributed by atoms with Gasteiger partial charge in [0, 0.05) is 11.8 Å². The van der Waals surface area contributed by atoms with Crippen molar-refractivity contribution in [3.63, 3.8) is 0 Å². The topological polar surface area (TPSA) is 103 Å². The largest absolute Gasteiger partial charge is 0.497 e. The van der Waals surface area contributed by atoms with E-state index in [0.717, 1.165) is 17.0 Å². The summed E-state index contributed by atoms with van der Waals surface area (Å²) in [5.41, 5.74) is 2.01. The van der Waals surface area contributed by atoms with Gasteiger partial charge in [-0.1, -0.05) is 0 Å².